The fraction of sp³-hybridized carbons (Fsp3) is 0.333. The summed E-state index contributed by atoms with van der Waals surface area (Å²) in [6.45, 7) is 4.56. The minimum atomic E-state index is 0.131. The molecule has 0 spiro atoms. The van der Waals surface area contributed by atoms with Crippen molar-refractivity contribution in [1.29, 1.82) is 0 Å². The van der Waals surface area contributed by atoms with Crippen LogP contribution in [-0.4, -0.2) is 11.7 Å². The van der Waals surface area contributed by atoms with E-state index in [1.165, 1.54) is 15.3 Å². The highest BCUT2D eigenvalue weighted by molar-refractivity contribution is 7.98. The van der Waals surface area contributed by atoms with Crippen molar-refractivity contribution >= 4 is 23.1 Å². The lowest BCUT2D eigenvalue weighted by molar-refractivity contribution is 0.305. The second-order valence-corrected chi connectivity index (χ2v) is 7.13. The summed E-state index contributed by atoms with van der Waals surface area (Å²) in [4.78, 5) is 2.64. The zero-order chi connectivity index (χ0) is 15.1. The lowest BCUT2D eigenvalue weighted by atomic mass is 10.0. The van der Waals surface area contributed by atoms with Gasteiger partial charge < -0.3 is 5.11 Å². The molecular formula is C18H20OS2. The van der Waals surface area contributed by atoms with E-state index < -0.39 is 0 Å². The number of thiophene rings is 1. The zero-order valence-electron chi connectivity index (χ0n) is 12.4. The van der Waals surface area contributed by atoms with E-state index in [1.54, 1.807) is 11.3 Å². The zero-order valence-corrected chi connectivity index (χ0v) is 14.1. The molecule has 1 N–H and O–H groups in total. The summed E-state index contributed by atoms with van der Waals surface area (Å²) in [6.07, 6.45) is 0.544. The molecule has 0 atom stereocenters. The molecule has 0 saturated heterocycles. The topological polar surface area (TPSA) is 20.2 Å². The van der Waals surface area contributed by atoms with E-state index in [2.05, 4.69) is 61.4 Å². The molecule has 110 valence electrons. The van der Waals surface area contributed by atoms with Crippen LogP contribution >= 0.6 is 23.1 Å². The van der Waals surface area contributed by atoms with E-state index in [1.807, 2.05) is 11.8 Å². The Hall–Kier alpha value is -1.21. The number of aliphatic hydroxyl groups excluding tert-OH is 1. The summed E-state index contributed by atoms with van der Waals surface area (Å²) < 4.78 is 0. The van der Waals surface area contributed by atoms with Crippen molar-refractivity contribution in [2.24, 2.45) is 0 Å². The van der Waals surface area contributed by atoms with Gasteiger partial charge in [-0.1, -0.05) is 37.8 Å². The van der Waals surface area contributed by atoms with Crippen LogP contribution in [0.4, 0.5) is 0 Å². The minimum absolute atomic E-state index is 0.131. The largest absolute Gasteiger partial charge is 0.395 e. The Morgan fingerprint density at radius 1 is 1.24 bits per heavy atom. The van der Waals surface area contributed by atoms with Crippen LogP contribution < -0.4 is 0 Å². The van der Waals surface area contributed by atoms with Crippen LogP contribution in [0.5, 0.6) is 0 Å². The molecule has 0 saturated carbocycles. The summed E-state index contributed by atoms with van der Waals surface area (Å²) >= 11 is 3.61. The first-order chi connectivity index (χ1) is 10.2. The third kappa shape index (κ3) is 5.24. The van der Waals surface area contributed by atoms with Gasteiger partial charge in [-0.2, -0.15) is 0 Å². The number of aliphatic hydroxyl groups is 1. The average molecular weight is 316 g/mol. The van der Waals surface area contributed by atoms with Gasteiger partial charge in [0.15, 0.2) is 0 Å². The van der Waals surface area contributed by atoms with Crippen LogP contribution in [0, 0.1) is 11.8 Å². The van der Waals surface area contributed by atoms with Crippen molar-refractivity contribution < 1.29 is 5.11 Å². The van der Waals surface area contributed by atoms with Crippen molar-refractivity contribution in [3.8, 4) is 11.8 Å². The summed E-state index contributed by atoms with van der Waals surface area (Å²) in [6, 6.07) is 11.0. The Labute approximate surface area is 135 Å². The van der Waals surface area contributed by atoms with Gasteiger partial charge in [0, 0.05) is 32.9 Å². The SMILES string of the molecule is CC(C)c1ccc(SCc2cc(C#CCCO)cs2)cc1. The lowest BCUT2D eigenvalue weighted by Gasteiger charge is -2.06. The van der Waals surface area contributed by atoms with Crippen molar-refractivity contribution in [3.63, 3.8) is 0 Å². The molecule has 2 aromatic rings. The maximum absolute atomic E-state index is 8.71. The molecule has 1 nitrogen and oxygen atoms in total. The van der Waals surface area contributed by atoms with Crippen LogP contribution in [0.1, 0.15) is 42.2 Å². The normalized spacial score (nSPS) is 10.5. The fourth-order valence-corrected chi connectivity index (χ4v) is 3.62. The van der Waals surface area contributed by atoms with Gasteiger partial charge in [-0.3, -0.25) is 0 Å². The average Bonchev–Trinajstić information content (AvgIpc) is 2.94. The molecule has 0 aliphatic carbocycles. The van der Waals surface area contributed by atoms with Gasteiger partial charge in [-0.05, 0) is 29.7 Å². The summed E-state index contributed by atoms with van der Waals surface area (Å²) in [5.74, 6) is 7.59. The van der Waals surface area contributed by atoms with Gasteiger partial charge in [-0.15, -0.1) is 23.1 Å². The van der Waals surface area contributed by atoms with Crippen LogP contribution in [0.25, 0.3) is 0 Å². The molecule has 21 heavy (non-hydrogen) atoms. The van der Waals surface area contributed by atoms with Crippen LogP contribution in [-0.2, 0) is 5.75 Å². The van der Waals surface area contributed by atoms with Gasteiger partial charge in [-0.25, -0.2) is 0 Å². The first-order valence-corrected chi connectivity index (χ1v) is 8.95. The second-order valence-electron chi connectivity index (χ2n) is 5.09. The molecule has 0 radical (unpaired) electrons. The van der Waals surface area contributed by atoms with E-state index in [0.29, 0.717) is 12.3 Å². The molecule has 0 aliphatic rings. The van der Waals surface area contributed by atoms with Gasteiger partial charge in [0.05, 0.1) is 6.61 Å². The highest BCUT2D eigenvalue weighted by atomic mass is 32.2. The Morgan fingerprint density at radius 3 is 2.67 bits per heavy atom. The van der Waals surface area contributed by atoms with E-state index >= 15 is 0 Å². The second kappa shape index (κ2) is 8.29. The van der Waals surface area contributed by atoms with Crippen LogP contribution in [0.2, 0.25) is 0 Å². The standard InChI is InChI=1S/C18H20OS2/c1-14(2)16-6-8-17(9-7-16)21-13-18-11-15(12-20-18)5-3-4-10-19/h6-9,11-12,14,19H,4,10,13H2,1-2H3. The first-order valence-electron chi connectivity index (χ1n) is 7.09. The molecule has 0 bridgehead atoms. The van der Waals surface area contributed by atoms with Gasteiger partial charge >= 0.3 is 0 Å². The maximum Gasteiger partial charge on any atom is 0.0540 e. The summed E-state index contributed by atoms with van der Waals surface area (Å²) in [7, 11) is 0. The number of benzene rings is 1. The third-order valence-electron chi connectivity index (χ3n) is 3.05. The third-order valence-corrected chi connectivity index (χ3v) is 5.23. The van der Waals surface area contributed by atoms with Crippen LogP contribution in [0.15, 0.2) is 40.6 Å². The summed E-state index contributed by atoms with van der Waals surface area (Å²) in [5.41, 5.74) is 2.44. The Morgan fingerprint density at radius 2 is 2.00 bits per heavy atom. The molecule has 0 unspecified atom stereocenters. The highest BCUT2D eigenvalue weighted by Crippen LogP contribution is 2.27. The van der Waals surface area contributed by atoms with Gasteiger partial charge in [0.2, 0.25) is 0 Å². The number of hydrogen-bond donors (Lipinski definition) is 1. The number of hydrogen-bond acceptors (Lipinski definition) is 3. The fourth-order valence-electron chi connectivity index (χ4n) is 1.85. The van der Waals surface area contributed by atoms with Crippen molar-refractivity contribution in [2.75, 3.05) is 6.61 Å². The van der Waals surface area contributed by atoms with E-state index in [-0.39, 0.29) is 6.61 Å². The first kappa shape index (κ1) is 16.2. The Balaban J connectivity index is 1.90. The molecule has 2 rings (SSSR count). The van der Waals surface area contributed by atoms with Gasteiger partial charge in [0.25, 0.3) is 0 Å². The molecular weight excluding hydrogens is 296 g/mol. The molecule has 0 aliphatic heterocycles. The molecule has 0 amide bonds. The summed E-state index contributed by atoms with van der Waals surface area (Å²) in [5, 5.41) is 10.8. The van der Waals surface area contributed by atoms with E-state index in [9.17, 15) is 0 Å². The molecule has 3 heteroatoms. The molecule has 1 aromatic carbocycles. The van der Waals surface area contributed by atoms with Crippen molar-refractivity contribution in [3.05, 3.63) is 51.7 Å². The van der Waals surface area contributed by atoms with Crippen molar-refractivity contribution in [1.82, 2.24) is 0 Å². The molecule has 1 heterocycles. The molecule has 1 aromatic heterocycles. The predicted molar refractivity (Wildman–Crippen MR) is 93.0 cm³/mol. The quantitative estimate of drug-likeness (QED) is 0.625. The highest BCUT2D eigenvalue weighted by Gasteiger charge is 2.02. The van der Waals surface area contributed by atoms with E-state index in [0.717, 1.165) is 11.3 Å². The molecule has 0 fully saturated rings. The van der Waals surface area contributed by atoms with Crippen LogP contribution in [0.3, 0.4) is 0 Å². The number of thioether (sulfide) groups is 1. The smallest absolute Gasteiger partial charge is 0.0540 e. The minimum Gasteiger partial charge on any atom is -0.395 e. The predicted octanol–water partition coefficient (Wildman–Crippen LogP) is 4.90. The Bertz CT molecular complexity index is 615. The maximum atomic E-state index is 8.71. The monoisotopic (exact) mass is 316 g/mol. The van der Waals surface area contributed by atoms with Gasteiger partial charge in [0.1, 0.15) is 0 Å². The number of rotatable bonds is 5. The Kier molecular flexibility index (Phi) is 6.38. The van der Waals surface area contributed by atoms with Crippen molar-refractivity contribution in [2.45, 2.75) is 36.8 Å². The lowest BCUT2D eigenvalue weighted by Crippen LogP contribution is -1.85. The van der Waals surface area contributed by atoms with E-state index in [4.69, 9.17) is 5.11 Å².